The van der Waals surface area contributed by atoms with Crippen LogP contribution in [0.15, 0.2) is 29.2 Å². The van der Waals surface area contributed by atoms with Crippen molar-refractivity contribution in [3.8, 4) is 12.3 Å². The average molecular weight is 220 g/mol. The molecule has 0 fully saturated rings. The summed E-state index contributed by atoms with van der Waals surface area (Å²) < 4.78 is 26.5. The fraction of sp³-hybridized carbons (Fsp3) is 0. The second kappa shape index (κ2) is 3.56. The molecule has 2 aromatic rings. The van der Waals surface area contributed by atoms with Gasteiger partial charge in [-0.1, -0.05) is 18.1 Å². The highest BCUT2D eigenvalue weighted by atomic mass is 32.1. The van der Waals surface area contributed by atoms with Crippen LogP contribution in [0.4, 0.5) is 8.78 Å². The van der Waals surface area contributed by atoms with Gasteiger partial charge in [0.05, 0.1) is 5.56 Å². The lowest BCUT2D eigenvalue weighted by Gasteiger charge is -2.06. The smallest absolute Gasteiger partial charge is 0.175 e. The van der Waals surface area contributed by atoms with Crippen LogP contribution in [0.3, 0.4) is 0 Å². The van der Waals surface area contributed by atoms with Crippen molar-refractivity contribution >= 4 is 23.4 Å². The number of hydrogen-bond acceptors (Lipinski definition) is 1. The zero-order valence-corrected chi connectivity index (χ0v) is 8.48. The van der Waals surface area contributed by atoms with Gasteiger partial charge in [-0.25, -0.2) is 8.78 Å². The van der Waals surface area contributed by atoms with Gasteiger partial charge in [0.25, 0.3) is 0 Å². The Kier molecular flexibility index (Phi) is 2.37. The summed E-state index contributed by atoms with van der Waals surface area (Å²) in [6.45, 7) is 0. The molecule has 0 bridgehead atoms. The van der Waals surface area contributed by atoms with Gasteiger partial charge in [0, 0.05) is 10.3 Å². The summed E-state index contributed by atoms with van der Waals surface area (Å²) in [5, 5.41) is 1.02. The molecule has 0 atom stereocenters. The first-order valence-electron chi connectivity index (χ1n) is 4.21. The molecule has 0 saturated carbocycles. The highest BCUT2D eigenvalue weighted by Gasteiger charge is 2.13. The number of benzene rings is 2. The Morgan fingerprint density at radius 2 is 2.00 bits per heavy atom. The molecule has 0 aliphatic rings. The number of halogens is 2. The zero-order chi connectivity index (χ0) is 11.0. The van der Waals surface area contributed by atoms with Crippen LogP contribution in [0, 0.1) is 24.0 Å². The molecule has 0 saturated heterocycles. The molecule has 2 aromatic carbocycles. The van der Waals surface area contributed by atoms with Crippen molar-refractivity contribution in [1.82, 2.24) is 0 Å². The van der Waals surface area contributed by atoms with E-state index < -0.39 is 11.6 Å². The summed E-state index contributed by atoms with van der Waals surface area (Å²) in [5.74, 6) is 0.226. The van der Waals surface area contributed by atoms with Crippen LogP contribution in [0.5, 0.6) is 0 Å². The number of thiol groups is 1. The molecule has 2 rings (SSSR count). The van der Waals surface area contributed by atoms with Crippen molar-refractivity contribution in [1.29, 1.82) is 0 Å². The minimum Gasteiger partial charge on any atom is -0.204 e. The van der Waals surface area contributed by atoms with Crippen molar-refractivity contribution in [2.24, 2.45) is 0 Å². The predicted octanol–water partition coefficient (Wildman–Crippen LogP) is 3.39. The lowest BCUT2D eigenvalue weighted by atomic mass is 10.0. The predicted molar refractivity (Wildman–Crippen MR) is 59.1 cm³/mol. The summed E-state index contributed by atoms with van der Waals surface area (Å²) in [6.07, 6.45) is 5.16. The Bertz CT molecular complexity index is 582. The molecule has 0 heterocycles. The fourth-order valence-electron chi connectivity index (χ4n) is 1.51. The Morgan fingerprint density at radius 1 is 1.27 bits per heavy atom. The molecular formula is C12H6F2S. The van der Waals surface area contributed by atoms with Crippen molar-refractivity contribution in [3.63, 3.8) is 0 Å². The highest BCUT2D eigenvalue weighted by molar-refractivity contribution is 7.80. The van der Waals surface area contributed by atoms with E-state index in [1.54, 1.807) is 18.2 Å². The molecular weight excluding hydrogens is 214 g/mol. The monoisotopic (exact) mass is 220 g/mol. The SMILES string of the molecule is C#Cc1c(F)c(F)cc2cccc(S)c12. The van der Waals surface area contributed by atoms with E-state index in [0.717, 1.165) is 6.07 Å². The van der Waals surface area contributed by atoms with Crippen LogP contribution in [0.25, 0.3) is 10.8 Å². The van der Waals surface area contributed by atoms with E-state index in [9.17, 15) is 8.78 Å². The lowest BCUT2D eigenvalue weighted by Crippen LogP contribution is -1.92. The molecule has 0 aliphatic carbocycles. The van der Waals surface area contributed by atoms with E-state index in [2.05, 4.69) is 18.5 Å². The quantitative estimate of drug-likeness (QED) is 0.510. The third-order valence-corrected chi connectivity index (χ3v) is 2.55. The summed E-state index contributed by atoms with van der Waals surface area (Å²) in [7, 11) is 0. The van der Waals surface area contributed by atoms with Gasteiger partial charge in [-0.05, 0) is 17.5 Å². The van der Waals surface area contributed by atoms with Crippen molar-refractivity contribution in [2.45, 2.75) is 4.90 Å². The second-order valence-electron chi connectivity index (χ2n) is 3.07. The maximum atomic E-state index is 13.4. The van der Waals surface area contributed by atoms with E-state index in [1.165, 1.54) is 0 Å². The van der Waals surface area contributed by atoms with Crippen LogP contribution in [-0.2, 0) is 0 Å². The third kappa shape index (κ3) is 1.47. The molecule has 0 amide bonds. The molecule has 0 aromatic heterocycles. The molecule has 15 heavy (non-hydrogen) atoms. The first-order chi connectivity index (χ1) is 7.15. The van der Waals surface area contributed by atoms with E-state index >= 15 is 0 Å². The molecule has 3 heteroatoms. The number of fused-ring (bicyclic) bond motifs is 1. The van der Waals surface area contributed by atoms with Gasteiger partial charge in [0.15, 0.2) is 11.6 Å². The minimum atomic E-state index is -0.994. The number of terminal acetylenes is 1. The fourth-order valence-corrected chi connectivity index (χ4v) is 1.84. The molecule has 0 radical (unpaired) electrons. The zero-order valence-electron chi connectivity index (χ0n) is 7.59. The Hall–Kier alpha value is -1.53. The van der Waals surface area contributed by atoms with Crippen LogP contribution in [0.1, 0.15) is 5.56 Å². The van der Waals surface area contributed by atoms with Gasteiger partial charge >= 0.3 is 0 Å². The van der Waals surface area contributed by atoms with Crippen LogP contribution in [-0.4, -0.2) is 0 Å². The van der Waals surface area contributed by atoms with Crippen molar-refractivity contribution < 1.29 is 8.78 Å². The van der Waals surface area contributed by atoms with Gasteiger partial charge in [-0.2, -0.15) is 0 Å². The van der Waals surface area contributed by atoms with Gasteiger partial charge in [-0.15, -0.1) is 19.1 Å². The summed E-state index contributed by atoms with van der Waals surface area (Å²) in [4.78, 5) is 0.541. The van der Waals surface area contributed by atoms with Gasteiger partial charge in [-0.3, -0.25) is 0 Å². The molecule has 74 valence electrons. The topological polar surface area (TPSA) is 0 Å². The molecule has 0 nitrogen and oxygen atoms in total. The first-order valence-corrected chi connectivity index (χ1v) is 4.66. The van der Waals surface area contributed by atoms with Crippen molar-refractivity contribution in [2.75, 3.05) is 0 Å². The van der Waals surface area contributed by atoms with E-state index in [-0.39, 0.29) is 5.56 Å². The van der Waals surface area contributed by atoms with Gasteiger partial charge in [0.2, 0.25) is 0 Å². The third-order valence-electron chi connectivity index (χ3n) is 2.18. The summed E-state index contributed by atoms with van der Waals surface area (Å²) in [5.41, 5.74) is -0.0735. The Labute approximate surface area is 91.3 Å². The maximum absolute atomic E-state index is 13.4. The van der Waals surface area contributed by atoms with Gasteiger partial charge in [0.1, 0.15) is 0 Å². The van der Waals surface area contributed by atoms with Crippen LogP contribution < -0.4 is 0 Å². The Balaban J connectivity index is 3.04. The normalized spacial score (nSPS) is 10.3. The lowest BCUT2D eigenvalue weighted by molar-refractivity contribution is 0.509. The number of hydrogen-bond donors (Lipinski definition) is 1. The van der Waals surface area contributed by atoms with Crippen LogP contribution >= 0.6 is 12.6 Å². The summed E-state index contributed by atoms with van der Waals surface area (Å²) in [6, 6.07) is 6.18. The summed E-state index contributed by atoms with van der Waals surface area (Å²) >= 11 is 4.17. The Morgan fingerprint density at radius 3 is 2.67 bits per heavy atom. The number of rotatable bonds is 0. The maximum Gasteiger partial charge on any atom is 0.175 e. The standard InChI is InChI=1S/C12H6F2S/c1-2-8-11-7(4-3-5-10(11)15)6-9(13)12(8)14/h1,3-6,15H. The van der Waals surface area contributed by atoms with E-state index in [4.69, 9.17) is 6.42 Å². The van der Waals surface area contributed by atoms with Crippen LogP contribution in [0.2, 0.25) is 0 Å². The molecule has 0 spiro atoms. The minimum absolute atomic E-state index is 0.0735. The highest BCUT2D eigenvalue weighted by Crippen LogP contribution is 2.28. The molecule has 0 aliphatic heterocycles. The molecule has 0 unspecified atom stereocenters. The van der Waals surface area contributed by atoms with E-state index in [0.29, 0.717) is 15.7 Å². The first kappa shape index (κ1) is 10.0. The average Bonchev–Trinajstić information content (AvgIpc) is 2.21. The second-order valence-corrected chi connectivity index (χ2v) is 3.55. The van der Waals surface area contributed by atoms with Crippen molar-refractivity contribution in [3.05, 3.63) is 41.5 Å². The van der Waals surface area contributed by atoms with E-state index in [1.807, 2.05) is 0 Å². The largest absolute Gasteiger partial charge is 0.204 e. The molecule has 0 N–H and O–H groups in total. The van der Waals surface area contributed by atoms with Gasteiger partial charge < -0.3 is 0 Å².